The van der Waals surface area contributed by atoms with Crippen molar-refractivity contribution in [1.29, 1.82) is 5.26 Å². The molecule has 0 saturated carbocycles. The van der Waals surface area contributed by atoms with Gasteiger partial charge in [-0.1, -0.05) is 6.07 Å². The first-order valence-electron chi connectivity index (χ1n) is 8.17. The van der Waals surface area contributed by atoms with Crippen molar-refractivity contribution in [3.05, 3.63) is 63.9 Å². The number of nitrogens with zero attached hydrogens (tertiary/aromatic N) is 1. The van der Waals surface area contributed by atoms with Crippen molar-refractivity contribution in [3.63, 3.8) is 0 Å². The quantitative estimate of drug-likeness (QED) is 0.609. The third kappa shape index (κ3) is 2.62. The molecule has 2 N–H and O–H groups in total. The molecule has 0 saturated heterocycles. The van der Waals surface area contributed by atoms with E-state index in [0.29, 0.717) is 22.6 Å². The first-order valence-corrected chi connectivity index (χ1v) is 8.17. The second kappa shape index (κ2) is 6.17. The topological polar surface area (TPSA) is 129 Å². The number of nitrogens with one attached hydrogen (secondary N) is 2. The minimum Gasteiger partial charge on any atom is -0.457 e. The maximum absolute atomic E-state index is 12.1. The van der Waals surface area contributed by atoms with Gasteiger partial charge in [0.05, 0.1) is 11.1 Å². The predicted molar refractivity (Wildman–Crippen MR) is 95.4 cm³/mol. The van der Waals surface area contributed by atoms with Gasteiger partial charge < -0.3 is 4.42 Å². The zero-order chi connectivity index (χ0) is 20.0. The van der Waals surface area contributed by atoms with Crippen molar-refractivity contribution in [2.75, 3.05) is 0 Å². The van der Waals surface area contributed by atoms with Crippen molar-refractivity contribution in [1.82, 2.24) is 10.6 Å². The van der Waals surface area contributed by atoms with Gasteiger partial charge in [0.1, 0.15) is 23.2 Å². The molecule has 0 fully saturated rings. The Balaban J connectivity index is 1.71. The molecule has 136 valence electrons. The van der Waals surface area contributed by atoms with Crippen LogP contribution in [0.1, 0.15) is 33.4 Å². The average Bonchev–Trinajstić information content (AvgIpc) is 3.23. The van der Waals surface area contributed by atoms with Gasteiger partial charge >= 0.3 is 0 Å². The summed E-state index contributed by atoms with van der Waals surface area (Å²) in [6.45, 7) is 1.51. The Morgan fingerprint density at radius 1 is 0.929 bits per heavy atom. The number of carbonyl (C=O) groups excluding carboxylic acids is 4. The minimum absolute atomic E-state index is 0.132. The summed E-state index contributed by atoms with van der Waals surface area (Å²) in [7, 11) is 0. The molecule has 8 heteroatoms. The molecule has 2 aliphatic rings. The molecular weight excluding hydrogens is 362 g/mol. The fraction of sp³-hybridized carbons (Fsp3) is 0.0500. The van der Waals surface area contributed by atoms with Gasteiger partial charge in [0.15, 0.2) is 0 Å². The summed E-state index contributed by atoms with van der Waals surface area (Å²) >= 11 is 0. The van der Waals surface area contributed by atoms with Gasteiger partial charge in [0.2, 0.25) is 0 Å². The summed E-state index contributed by atoms with van der Waals surface area (Å²) < 4.78 is 5.72. The van der Waals surface area contributed by atoms with Crippen LogP contribution < -0.4 is 10.6 Å². The van der Waals surface area contributed by atoms with E-state index in [1.54, 1.807) is 30.3 Å². The summed E-state index contributed by atoms with van der Waals surface area (Å²) in [6, 6.07) is 9.79. The molecule has 1 aromatic carbocycles. The molecule has 0 atom stereocenters. The number of hydrogen-bond donors (Lipinski definition) is 2. The number of imide groups is 2. The summed E-state index contributed by atoms with van der Waals surface area (Å²) in [4.78, 5) is 47.2. The summed E-state index contributed by atoms with van der Waals surface area (Å²) in [5.41, 5.74) is 1.43. The van der Waals surface area contributed by atoms with Gasteiger partial charge in [0, 0.05) is 11.1 Å². The monoisotopic (exact) mass is 373 g/mol. The zero-order valence-corrected chi connectivity index (χ0v) is 14.5. The third-order valence-electron chi connectivity index (χ3n) is 4.52. The second-order valence-corrected chi connectivity index (χ2v) is 6.20. The van der Waals surface area contributed by atoms with E-state index in [1.807, 2.05) is 0 Å². The van der Waals surface area contributed by atoms with E-state index in [9.17, 15) is 19.2 Å². The van der Waals surface area contributed by atoms with Crippen molar-refractivity contribution in [2.24, 2.45) is 0 Å². The van der Waals surface area contributed by atoms with Crippen LogP contribution in [-0.2, 0) is 9.59 Å². The zero-order valence-electron chi connectivity index (χ0n) is 14.5. The normalized spacial score (nSPS) is 17.5. The van der Waals surface area contributed by atoms with Crippen LogP contribution in [0, 0.1) is 11.3 Å². The van der Waals surface area contributed by atoms with Crippen molar-refractivity contribution < 1.29 is 23.6 Å². The number of furan rings is 1. The highest BCUT2D eigenvalue weighted by molar-refractivity contribution is 6.22. The Morgan fingerprint density at radius 2 is 1.64 bits per heavy atom. The molecule has 8 nitrogen and oxygen atoms in total. The van der Waals surface area contributed by atoms with Crippen LogP contribution in [0.2, 0.25) is 0 Å². The summed E-state index contributed by atoms with van der Waals surface area (Å²) in [5.74, 6) is -1.50. The Labute approximate surface area is 158 Å². The number of nitriles is 1. The largest absolute Gasteiger partial charge is 0.457 e. The number of fused-ring (bicyclic) bond motifs is 1. The minimum atomic E-state index is -0.728. The number of carbonyl (C=O) groups is 4. The van der Waals surface area contributed by atoms with Gasteiger partial charge in [-0.3, -0.25) is 29.8 Å². The van der Waals surface area contributed by atoms with E-state index < -0.39 is 23.6 Å². The molecular formula is C20H11N3O5. The first-order chi connectivity index (χ1) is 13.4. The molecule has 0 radical (unpaired) electrons. The fourth-order valence-corrected chi connectivity index (χ4v) is 3.07. The van der Waals surface area contributed by atoms with Gasteiger partial charge in [0.25, 0.3) is 23.6 Å². The van der Waals surface area contributed by atoms with Crippen LogP contribution in [0.25, 0.3) is 17.4 Å². The average molecular weight is 373 g/mol. The lowest BCUT2D eigenvalue weighted by Crippen LogP contribution is -2.37. The predicted octanol–water partition coefficient (Wildman–Crippen LogP) is 1.71. The van der Waals surface area contributed by atoms with Crippen molar-refractivity contribution >= 4 is 29.7 Å². The van der Waals surface area contributed by atoms with Crippen LogP contribution in [0.4, 0.5) is 0 Å². The van der Waals surface area contributed by atoms with Crippen LogP contribution in [0.15, 0.2) is 51.5 Å². The van der Waals surface area contributed by atoms with Crippen molar-refractivity contribution in [3.8, 4) is 17.4 Å². The molecule has 1 aromatic heterocycles. The van der Waals surface area contributed by atoms with Gasteiger partial charge in [-0.15, -0.1) is 0 Å². The maximum atomic E-state index is 12.1. The van der Waals surface area contributed by atoms with Crippen molar-refractivity contribution in [2.45, 2.75) is 6.92 Å². The molecule has 2 aromatic rings. The standard InChI is InChI=1S/C20H11N3O5/c1-9-13(18(25)23-20(27)15(9)8-21)7-11-3-5-16(28-11)10-2-4-12-14(6-10)19(26)22-17(12)24/h2-7H,1H3,(H,22,24,26)(H,23,25,27)/b13-7-. The van der Waals surface area contributed by atoms with Gasteiger partial charge in [-0.25, -0.2) is 0 Å². The Morgan fingerprint density at radius 3 is 2.39 bits per heavy atom. The van der Waals surface area contributed by atoms with E-state index in [0.717, 1.165) is 0 Å². The van der Waals surface area contributed by atoms with Crippen LogP contribution >= 0.6 is 0 Å². The van der Waals surface area contributed by atoms with E-state index in [4.69, 9.17) is 9.68 Å². The van der Waals surface area contributed by atoms with E-state index >= 15 is 0 Å². The molecule has 4 rings (SSSR count). The molecule has 0 aliphatic carbocycles. The Bertz CT molecular complexity index is 1210. The van der Waals surface area contributed by atoms with E-state index in [1.165, 1.54) is 19.1 Å². The molecule has 0 bridgehead atoms. The molecule has 0 unspecified atom stereocenters. The molecule has 28 heavy (non-hydrogen) atoms. The van der Waals surface area contributed by atoms with Crippen LogP contribution in [0.3, 0.4) is 0 Å². The fourth-order valence-electron chi connectivity index (χ4n) is 3.07. The van der Waals surface area contributed by atoms with Gasteiger partial charge in [-0.05, 0) is 42.8 Å². The highest BCUT2D eigenvalue weighted by Crippen LogP contribution is 2.29. The van der Waals surface area contributed by atoms with Gasteiger partial charge in [-0.2, -0.15) is 5.26 Å². The molecule has 0 spiro atoms. The SMILES string of the molecule is CC1=C(C#N)C(=O)NC(=O)/C1=C\c1ccc(-c2ccc3c(c2)C(=O)NC3=O)o1. The Hall–Kier alpha value is -4.25. The Kier molecular flexibility index (Phi) is 3.79. The molecule has 4 amide bonds. The van der Waals surface area contributed by atoms with Crippen LogP contribution in [0.5, 0.6) is 0 Å². The summed E-state index contributed by atoms with van der Waals surface area (Å²) in [5, 5.41) is 13.4. The van der Waals surface area contributed by atoms with Crippen LogP contribution in [-0.4, -0.2) is 23.6 Å². The highest BCUT2D eigenvalue weighted by atomic mass is 16.3. The third-order valence-corrected chi connectivity index (χ3v) is 4.52. The van der Waals surface area contributed by atoms with E-state index in [2.05, 4.69) is 10.6 Å². The number of hydrogen-bond acceptors (Lipinski definition) is 6. The molecule has 3 heterocycles. The number of rotatable bonds is 2. The smallest absolute Gasteiger partial charge is 0.269 e. The first kappa shape index (κ1) is 17.2. The maximum Gasteiger partial charge on any atom is 0.269 e. The second-order valence-electron chi connectivity index (χ2n) is 6.20. The highest BCUT2D eigenvalue weighted by Gasteiger charge is 2.28. The lowest BCUT2D eigenvalue weighted by Gasteiger charge is -2.15. The molecule has 2 aliphatic heterocycles. The lowest BCUT2D eigenvalue weighted by molar-refractivity contribution is -0.126. The number of benzene rings is 1. The summed E-state index contributed by atoms with van der Waals surface area (Å²) in [6.07, 6.45) is 1.43. The lowest BCUT2D eigenvalue weighted by atomic mass is 9.96. The van der Waals surface area contributed by atoms with E-state index in [-0.39, 0.29) is 22.3 Å². The number of amides is 4.